The van der Waals surface area contributed by atoms with Crippen molar-refractivity contribution < 1.29 is 4.74 Å². The molecule has 0 aliphatic carbocycles. The van der Waals surface area contributed by atoms with Gasteiger partial charge in [-0.05, 0) is 49.5 Å². The van der Waals surface area contributed by atoms with Crippen LogP contribution in [0.5, 0.6) is 5.75 Å². The number of ether oxygens (including phenoxy) is 1. The molecule has 0 bridgehead atoms. The summed E-state index contributed by atoms with van der Waals surface area (Å²) in [7, 11) is 3.84. The number of hydrogen-bond donors (Lipinski definition) is 1. The van der Waals surface area contributed by atoms with E-state index in [0.29, 0.717) is 12.6 Å². The van der Waals surface area contributed by atoms with Crippen LogP contribution in [-0.2, 0) is 0 Å². The average Bonchev–Trinajstić information content (AvgIpc) is 3.01. The van der Waals surface area contributed by atoms with E-state index in [1.165, 1.54) is 10.4 Å². The highest BCUT2D eigenvalue weighted by atomic mass is 32.1. The van der Waals surface area contributed by atoms with Gasteiger partial charge in [-0.25, -0.2) is 0 Å². The van der Waals surface area contributed by atoms with Gasteiger partial charge in [0, 0.05) is 23.5 Å². The van der Waals surface area contributed by atoms with E-state index in [2.05, 4.69) is 55.4 Å². The molecule has 0 radical (unpaired) electrons. The Balaban J connectivity index is 2.24. The minimum Gasteiger partial charge on any atom is -0.496 e. The number of nitrogens with two attached hydrogens (primary N) is 1. The fourth-order valence-corrected chi connectivity index (χ4v) is 3.48. The predicted octanol–water partition coefficient (Wildman–Crippen LogP) is 3.76. The van der Waals surface area contributed by atoms with E-state index in [4.69, 9.17) is 10.5 Å². The van der Waals surface area contributed by atoms with Gasteiger partial charge >= 0.3 is 0 Å². The normalized spacial score (nSPS) is 14.2. The van der Waals surface area contributed by atoms with Crippen molar-refractivity contribution in [1.29, 1.82) is 0 Å². The van der Waals surface area contributed by atoms with Crippen LogP contribution in [-0.4, -0.2) is 25.6 Å². The lowest BCUT2D eigenvalue weighted by Gasteiger charge is -2.32. The monoisotopic (exact) mass is 304 g/mol. The molecule has 1 aromatic heterocycles. The quantitative estimate of drug-likeness (QED) is 0.883. The molecule has 114 valence electrons. The third-order valence-corrected chi connectivity index (χ3v) is 5.13. The zero-order chi connectivity index (χ0) is 15.4. The minimum atomic E-state index is 0.201. The summed E-state index contributed by atoms with van der Waals surface area (Å²) in [5.41, 5.74) is 8.43. The van der Waals surface area contributed by atoms with Gasteiger partial charge in [-0.1, -0.05) is 18.2 Å². The third-order valence-electron chi connectivity index (χ3n) is 4.08. The summed E-state index contributed by atoms with van der Waals surface area (Å²) in [5.74, 6) is 0.920. The number of likely N-dealkylation sites (N-methyl/N-ethyl adjacent to an activating group) is 1. The van der Waals surface area contributed by atoms with E-state index < -0.39 is 0 Å². The number of aryl methyl sites for hydroxylation is 1. The van der Waals surface area contributed by atoms with E-state index >= 15 is 0 Å². The first-order valence-corrected chi connectivity index (χ1v) is 8.06. The molecule has 0 saturated heterocycles. The molecule has 0 aliphatic heterocycles. The van der Waals surface area contributed by atoms with Gasteiger partial charge in [0.2, 0.25) is 0 Å². The summed E-state index contributed by atoms with van der Waals surface area (Å²) in [6.07, 6.45) is 0. The summed E-state index contributed by atoms with van der Waals surface area (Å²) < 4.78 is 5.34. The summed E-state index contributed by atoms with van der Waals surface area (Å²) in [6.45, 7) is 4.89. The number of methoxy groups -OCH3 is 1. The Morgan fingerprint density at radius 1 is 1.33 bits per heavy atom. The van der Waals surface area contributed by atoms with Crippen molar-refractivity contribution in [2.45, 2.75) is 25.9 Å². The summed E-state index contributed by atoms with van der Waals surface area (Å²) in [5, 5.41) is 2.12. The third kappa shape index (κ3) is 3.46. The zero-order valence-corrected chi connectivity index (χ0v) is 14.0. The van der Waals surface area contributed by atoms with Crippen molar-refractivity contribution in [2.75, 3.05) is 20.7 Å². The molecule has 0 aliphatic rings. The molecule has 1 aromatic carbocycles. The number of thiophene rings is 1. The standard InChI is InChI=1S/C17H24N2OS/c1-12-10-14(7-8-16(12)20-4)15(11-18)19(3)13(2)17-6-5-9-21-17/h5-10,13,15H,11,18H2,1-4H3. The minimum absolute atomic E-state index is 0.201. The van der Waals surface area contributed by atoms with Gasteiger partial charge in [0.1, 0.15) is 5.75 Å². The first-order valence-electron chi connectivity index (χ1n) is 7.18. The van der Waals surface area contributed by atoms with Crippen molar-refractivity contribution in [3.63, 3.8) is 0 Å². The lowest BCUT2D eigenvalue weighted by molar-refractivity contribution is 0.192. The van der Waals surface area contributed by atoms with Crippen LogP contribution in [0.15, 0.2) is 35.7 Å². The molecule has 0 amide bonds. The topological polar surface area (TPSA) is 38.5 Å². The first-order chi connectivity index (χ1) is 10.1. The Bertz CT molecular complexity index is 568. The molecule has 2 N–H and O–H groups in total. The lowest BCUT2D eigenvalue weighted by Crippen LogP contribution is -2.32. The maximum Gasteiger partial charge on any atom is 0.121 e. The Morgan fingerprint density at radius 2 is 2.10 bits per heavy atom. The van der Waals surface area contributed by atoms with E-state index in [1.807, 2.05) is 6.07 Å². The fraction of sp³-hybridized carbons (Fsp3) is 0.412. The van der Waals surface area contributed by atoms with Gasteiger partial charge in [0.15, 0.2) is 0 Å². The second kappa shape index (κ2) is 7.07. The highest BCUT2D eigenvalue weighted by Gasteiger charge is 2.22. The second-order valence-electron chi connectivity index (χ2n) is 5.34. The van der Waals surface area contributed by atoms with Crippen LogP contribution < -0.4 is 10.5 Å². The molecule has 21 heavy (non-hydrogen) atoms. The molecular weight excluding hydrogens is 280 g/mol. The Morgan fingerprint density at radius 3 is 2.62 bits per heavy atom. The van der Waals surface area contributed by atoms with E-state index in [9.17, 15) is 0 Å². The van der Waals surface area contributed by atoms with Crippen LogP contribution in [0, 0.1) is 6.92 Å². The summed E-state index contributed by atoms with van der Waals surface area (Å²) in [6, 6.07) is 11.1. The fourth-order valence-electron chi connectivity index (χ4n) is 2.65. The lowest BCUT2D eigenvalue weighted by atomic mass is 10.0. The SMILES string of the molecule is COc1ccc(C(CN)N(C)C(C)c2cccs2)cc1C. The number of hydrogen-bond acceptors (Lipinski definition) is 4. The van der Waals surface area contributed by atoms with Crippen molar-refractivity contribution in [3.8, 4) is 5.75 Å². The number of rotatable bonds is 6. The van der Waals surface area contributed by atoms with Crippen LogP contribution in [0.4, 0.5) is 0 Å². The van der Waals surface area contributed by atoms with Crippen LogP contribution >= 0.6 is 11.3 Å². The molecule has 3 nitrogen and oxygen atoms in total. The van der Waals surface area contributed by atoms with Crippen LogP contribution in [0.3, 0.4) is 0 Å². The molecule has 2 unspecified atom stereocenters. The van der Waals surface area contributed by atoms with E-state index in [0.717, 1.165) is 11.3 Å². The highest BCUT2D eigenvalue weighted by molar-refractivity contribution is 7.10. The van der Waals surface area contributed by atoms with Crippen LogP contribution in [0.2, 0.25) is 0 Å². The second-order valence-corrected chi connectivity index (χ2v) is 6.32. The molecule has 0 saturated carbocycles. The van der Waals surface area contributed by atoms with Crippen molar-refractivity contribution in [3.05, 3.63) is 51.7 Å². The molecular formula is C17H24N2OS. The van der Waals surface area contributed by atoms with Crippen LogP contribution in [0.25, 0.3) is 0 Å². The van der Waals surface area contributed by atoms with Gasteiger partial charge in [-0.2, -0.15) is 0 Å². The number of nitrogens with zero attached hydrogens (tertiary/aromatic N) is 1. The molecule has 0 spiro atoms. The van der Waals surface area contributed by atoms with E-state index in [-0.39, 0.29) is 6.04 Å². The van der Waals surface area contributed by atoms with Gasteiger partial charge in [-0.3, -0.25) is 4.90 Å². The Kier molecular flexibility index (Phi) is 5.39. The molecule has 2 atom stereocenters. The largest absolute Gasteiger partial charge is 0.496 e. The maximum atomic E-state index is 6.05. The molecule has 1 heterocycles. The Hall–Kier alpha value is -1.36. The summed E-state index contributed by atoms with van der Waals surface area (Å²) in [4.78, 5) is 3.70. The van der Waals surface area contributed by atoms with Gasteiger partial charge in [0.25, 0.3) is 0 Å². The molecule has 0 fully saturated rings. The van der Waals surface area contributed by atoms with Crippen molar-refractivity contribution >= 4 is 11.3 Å². The summed E-state index contributed by atoms with van der Waals surface area (Å²) >= 11 is 1.79. The van der Waals surface area contributed by atoms with Gasteiger partial charge < -0.3 is 10.5 Å². The Labute approximate surface area is 131 Å². The predicted molar refractivity (Wildman–Crippen MR) is 90.0 cm³/mol. The molecule has 4 heteroatoms. The average molecular weight is 304 g/mol. The smallest absolute Gasteiger partial charge is 0.121 e. The first kappa shape index (κ1) is 16.0. The zero-order valence-electron chi connectivity index (χ0n) is 13.2. The van der Waals surface area contributed by atoms with Crippen LogP contribution in [0.1, 0.15) is 35.0 Å². The maximum absolute atomic E-state index is 6.05. The van der Waals surface area contributed by atoms with Crippen molar-refractivity contribution in [1.82, 2.24) is 4.90 Å². The van der Waals surface area contributed by atoms with E-state index in [1.54, 1.807) is 18.4 Å². The highest BCUT2D eigenvalue weighted by Crippen LogP contribution is 2.32. The number of benzene rings is 1. The molecule has 2 rings (SSSR count). The van der Waals surface area contributed by atoms with Gasteiger partial charge in [-0.15, -0.1) is 11.3 Å². The van der Waals surface area contributed by atoms with Crippen molar-refractivity contribution in [2.24, 2.45) is 5.73 Å². The molecule has 2 aromatic rings. The van der Waals surface area contributed by atoms with Gasteiger partial charge in [0.05, 0.1) is 7.11 Å².